The van der Waals surface area contributed by atoms with Gasteiger partial charge < -0.3 is 14.2 Å². The third-order valence-corrected chi connectivity index (χ3v) is 8.12. The second kappa shape index (κ2) is 20.7. The van der Waals surface area contributed by atoms with E-state index in [0.717, 1.165) is 44.0 Å². The van der Waals surface area contributed by atoms with Crippen LogP contribution in [0.4, 0.5) is 0 Å². The fourth-order valence-corrected chi connectivity index (χ4v) is 5.51. The minimum absolute atomic E-state index is 0.239. The van der Waals surface area contributed by atoms with Crippen molar-refractivity contribution in [2.24, 2.45) is 5.92 Å². The van der Waals surface area contributed by atoms with Gasteiger partial charge in [0.25, 0.3) is 0 Å². The summed E-state index contributed by atoms with van der Waals surface area (Å²) in [5, 5.41) is 0. The molecule has 1 aliphatic rings. The second-order valence-corrected chi connectivity index (χ2v) is 11.7. The Bertz CT molecular complexity index is 881. The number of unbranched alkanes of at least 4 members (excludes halogenated alkanes) is 14. The lowest BCUT2D eigenvalue weighted by atomic mass is 10.00. The van der Waals surface area contributed by atoms with E-state index in [9.17, 15) is 0 Å². The average Bonchev–Trinajstić information content (AvgIpc) is 3.00. The van der Waals surface area contributed by atoms with Gasteiger partial charge in [-0.1, -0.05) is 133 Å². The lowest BCUT2D eigenvalue weighted by Crippen LogP contribution is -2.27. The molecule has 222 valence electrons. The van der Waals surface area contributed by atoms with Gasteiger partial charge in [0.2, 0.25) is 0 Å². The van der Waals surface area contributed by atoms with Crippen molar-refractivity contribution in [3.63, 3.8) is 0 Å². The minimum Gasteiger partial charge on any atom is -0.494 e. The fraction of sp³-hybridized carbons (Fsp3) is 0.622. The van der Waals surface area contributed by atoms with Gasteiger partial charge in [-0.2, -0.15) is 0 Å². The summed E-state index contributed by atoms with van der Waals surface area (Å²) in [6.07, 6.45) is 24.1. The predicted molar refractivity (Wildman–Crippen MR) is 170 cm³/mol. The molecule has 0 bridgehead atoms. The van der Waals surface area contributed by atoms with Gasteiger partial charge >= 0.3 is 0 Å². The maximum Gasteiger partial charge on any atom is 0.183 e. The highest BCUT2D eigenvalue weighted by atomic mass is 16.7. The van der Waals surface area contributed by atoms with Crippen molar-refractivity contribution in [3.05, 3.63) is 66.7 Å². The summed E-state index contributed by atoms with van der Waals surface area (Å²) >= 11 is 0. The van der Waals surface area contributed by atoms with E-state index in [1.54, 1.807) is 0 Å². The van der Waals surface area contributed by atoms with Gasteiger partial charge in [-0.3, -0.25) is 0 Å². The quantitative estimate of drug-likeness (QED) is 0.108. The minimum atomic E-state index is -0.239. The molecule has 0 aromatic heterocycles. The van der Waals surface area contributed by atoms with E-state index in [0.29, 0.717) is 5.92 Å². The van der Waals surface area contributed by atoms with E-state index in [1.165, 1.54) is 107 Å². The fourth-order valence-electron chi connectivity index (χ4n) is 5.51. The molecular formula is C37H56O3. The van der Waals surface area contributed by atoms with Gasteiger partial charge in [-0.15, -0.1) is 6.58 Å². The van der Waals surface area contributed by atoms with Crippen LogP contribution >= 0.6 is 0 Å². The molecule has 0 unspecified atom stereocenters. The SMILES string of the molecule is C=CCCCCCCCCCOc1ccc(-c2ccc(C3OCC(CCCCCCCCCC)CO3)cc2)cc1. The number of hydrogen-bond acceptors (Lipinski definition) is 3. The van der Waals surface area contributed by atoms with Crippen LogP contribution in [0.5, 0.6) is 5.75 Å². The van der Waals surface area contributed by atoms with E-state index in [4.69, 9.17) is 14.2 Å². The van der Waals surface area contributed by atoms with Crippen LogP contribution < -0.4 is 4.74 Å². The van der Waals surface area contributed by atoms with Crippen LogP contribution in [0.3, 0.4) is 0 Å². The van der Waals surface area contributed by atoms with E-state index < -0.39 is 0 Å². The molecular weight excluding hydrogens is 492 g/mol. The molecule has 1 fully saturated rings. The lowest BCUT2D eigenvalue weighted by molar-refractivity contribution is -0.206. The van der Waals surface area contributed by atoms with Gasteiger partial charge in [0.1, 0.15) is 5.75 Å². The van der Waals surface area contributed by atoms with Crippen molar-refractivity contribution in [2.45, 2.75) is 122 Å². The molecule has 1 saturated heterocycles. The molecule has 2 aromatic rings. The lowest BCUT2D eigenvalue weighted by Gasteiger charge is -2.29. The van der Waals surface area contributed by atoms with Crippen LogP contribution in [-0.2, 0) is 9.47 Å². The van der Waals surface area contributed by atoms with Gasteiger partial charge in [-0.25, -0.2) is 0 Å². The molecule has 3 rings (SSSR count). The summed E-state index contributed by atoms with van der Waals surface area (Å²) in [4.78, 5) is 0. The Kier molecular flexibility index (Phi) is 16.8. The zero-order chi connectivity index (χ0) is 28.1. The Balaban J connectivity index is 1.27. The molecule has 0 radical (unpaired) electrons. The van der Waals surface area contributed by atoms with E-state index in [1.807, 2.05) is 6.08 Å². The molecule has 3 nitrogen and oxygen atoms in total. The van der Waals surface area contributed by atoms with Gasteiger partial charge in [0.05, 0.1) is 19.8 Å². The third-order valence-electron chi connectivity index (χ3n) is 8.12. The van der Waals surface area contributed by atoms with Crippen LogP contribution in [0, 0.1) is 5.92 Å². The standard InChI is InChI=1S/C37H56O3/c1-3-5-7-9-11-13-15-17-19-29-38-36-27-25-34(26-28-36)33-21-23-35(24-22-33)37-39-30-32(31-40-37)20-18-16-14-12-10-8-6-4-2/h3,21-28,32,37H,1,4-20,29-31H2,2H3. The van der Waals surface area contributed by atoms with Gasteiger partial charge in [0, 0.05) is 11.5 Å². The van der Waals surface area contributed by atoms with Crippen molar-refractivity contribution >= 4 is 0 Å². The number of ether oxygens (including phenoxy) is 3. The van der Waals surface area contributed by atoms with Crippen molar-refractivity contribution in [3.8, 4) is 16.9 Å². The Hall–Kier alpha value is -2.10. The van der Waals surface area contributed by atoms with E-state index >= 15 is 0 Å². The first-order valence-corrected chi connectivity index (χ1v) is 16.5. The Morgan fingerprint density at radius 3 is 1.80 bits per heavy atom. The van der Waals surface area contributed by atoms with Crippen LogP contribution in [-0.4, -0.2) is 19.8 Å². The van der Waals surface area contributed by atoms with E-state index in [2.05, 4.69) is 62.0 Å². The largest absolute Gasteiger partial charge is 0.494 e. The van der Waals surface area contributed by atoms with Crippen molar-refractivity contribution < 1.29 is 14.2 Å². The first-order chi connectivity index (χ1) is 19.8. The molecule has 0 aliphatic carbocycles. The molecule has 0 N–H and O–H groups in total. The smallest absolute Gasteiger partial charge is 0.183 e. The molecule has 1 aliphatic heterocycles. The maximum atomic E-state index is 6.11. The van der Waals surface area contributed by atoms with Gasteiger partial charge in [-0.05, 0) is 48.9 Å². The van der Waals surface area contributed by atoms with Crippen molar-refractivity contribution in [2.75, 3.05) is 19.8 Å². The zero-order valence-corrected chi connectivity index (χ0v) is 25.4. The predicted octanol–water partition coefficient (Wildman–Crippen LogP) is 11.2. The summed E-state index contributed by atoms with van der Waals surface area (Å²) in [5.74, 6) is 1.49. The highest BCUT2D eigenvalue weighted by molar-refractivity contribution is 5.64. The molecule has 0 amide bonds. The van der Waals surface area contributed by atoms with Crippen molar-refractivity contribution in [1.82, 2.24) is 0 Å². The van der Waals surface area contributed by atoms with Crippen molar-refractivity contribution in [1.29, 1.82) is 0 Å². The number of benzene rings is 2. The Morgan fingerprint density at radius 2 is 1.20 bits per heavy atom. The molecule has 3 heteroatoms. The number of hydrogen-bond donors (Lipinski definition) is 0. The molecule has 0 atom stereocenters. The van der Waals surface area contributed by atoms with Crippen LogP contribution in [0.25, 0.3) is 11.1 Å². The van der Waals surface area contributed by atoms with Gasteiger partial charge in [0.15, 0.2) is 6.29 Å². The highest BCUT2D eigenvalue weighted by Gasteiger charge is 2.23. The van der Waals surface area contributed by atoms with Crippen LogP contribution in [0.15, 0.2) is 61.2 Å². The topological polar surface area (TPSA) is 27.7 Å². The molecule has 0 spiro atoms. The maximum absolute atomic E-state index is 6.11. The molecule has 40 heavy (non-hydrogen) atoms. The number of rotatable bonds is 22. The Morgan fingerprint density at radius 1 is 0.675 bits per heavy atom. The second-order valence-electron chi connectivity index (χ2n) is 11.7. The Labute approximate surface area is 245 Å². The molecule has 2 aromatic carbocycles. The number of allylic oxidation sites excluding steroid dienone is 1. The zero-order valence-electron chi connectivity index (χ0n) is 25.4. The average molecular weight is 549 g/mol. The summed E-state index contributed by atoms with van der Waals surface area (Å²) in [6.45, 7) is 8.48. The summed E-state index contributed by atoms with van der Waals surface area (Å²) in [6, 6.07) is 17.1. The summed E-state index contributed by atoms with van der Waals surface area (Å²) < 4.78 is 18.2. The van der Waals surface area contributed by atoms with E-state index in [-0.39, 0.29) is 6.29 Å². The third kappa shape index (κ3) is 13.0. The summed E-state index contributed by atoms with van der Waals surface area (Å²) in [7, 11) is 0. The highest BCUT2D eigenvalue weighted by Crippen LogP contribution is 2.30. The first kappa shape index (κ1) is 32.4. The summed E-state index contributed by atoms with van der Waals surface area (Å²) in [5.41, 5.74) is 3.50. The monoisotopic (exact) mass is 548 g/mol. The van der Waals surface area contributed by atoms with Crippen LogP contribution in [0.2, 0.25) is 0 Å². The normalized spacial score (nSPS) is 17.1. The molecule has 0 saturated carbocycles. The molecule has 1 heterocycles. The first-order valence-electron chi connectivity index (χ1n) is 16.5. The van der Waals surface area contributed by atoms with Crippen LogP contribution in [0.1, 0.15) is 128 Å².